The largest absolute Gasteiger partial charge is 0.449 e. The van der Waals surface area contributed by atoms with Gasteiger partial charge in [-0.15, -0.1) is 0 Å². The van der Waals surface area contributed by atoms with Crippen molar-refractivity contribution in [1.29, 1.82) is 0 Å². The molecule has 3 aliphatic rings. The van der Waals surface area contributed by atoms with Gasteiger partial charge in [-0.1, -0.05) is 18.2 Å². The molecule has 2 aliphatic heterocycles. The third-order valence-electron chi connectivity index (χ3n) is 7.52. The predicted molar refractivity (Wildman–Crippen MR) is 124 cm³/mol. The Bertz CT molecular complexity index is 1340. The normalized spacial score (nSPS) is 20.5. The second kappa shape index (κ2) is 7.50. The molecule has 3 N–H and O–H groups in total. The molecule has 8 nitrogen and oxygen atoms in total. The zero-order valence-corrected chi connectivity index (χ0v) is 18.6. The van der Waals surface area contributed by atoms with Crippen molar-refractivity contribution in [3.05, 3.63) is 51.9 Å². The lowest BCUT2D eigenvalue weighted by Crippen LogP contribution is -2.40. The molecule has 1 saturated carbocycles. The highest BCUT2D eigenvalue weighted by Gasteiger charge is 2.55. The highest BCUT2D eigenvalue weighted by atomic mass is 16.3. The van der Waals surface area contributed by atoms with Gasteiger partial charge in [0, 0.05) is 43.0 Å². The number of nitrogens with one attached hydrogen (secondary N) is 3. The molecule has 1 aliphatic carbocycles. The van der Waals surface area contributed by atoms with Crippen LogP contribution in [0, 0.1) is 18.3 Å². The SMILES string of the molecule is Cc1ccc2c(C(=O)N3CCC4(CC3)CC4CNC(=O)c3cc4c(o3)=CNCC=4)n[nH]c2c1. The van der Waals surface area contributed by atoms with E-state index in [1.165, 1.54) is 0 Å². The molecule has 170 valence electrons. The number of carbonyl (C=O) groups excluding carboxylic acids is 2. The van der Waals surface area contributed by atoms with Gasteiger partial charge in [0.05, 0.1) is 5.52 Å². The highest BCUT2D eigenvalue weighted by molar-refractivity contribution is 6.04. The summed E-state index contributed by atoms with van der Waals surface area (Å²) < 4.78 is 5.66. The summed E-state index contributed by atoms with van der Waals surface area (Å²) in [6.45, 7) is 4.87. The van der Waals surface area contributed by atoms with Crippen LogP contribution < -0.4 is 21.3 Å². The molecule has 4 heterocycles. The number of rotatable bonds is 4. The summed E-state index contributed by atoms with van der Waals surface area (Å²) in [5.74, 6) is 0.641. The standard InChI is InChI=1S/C25H27N5O3/c1-15-2-3-18-19(10-15)28-29-22(18)24(32)30-8-5-25(6-9-30)12-17(25)13-27-23(31)20-11-16-4-7-26-14-21(16)33-20/h2-4,10-11,14,17,26H,5-9,12-13H2,1H3,(H,27,31)(H,28,29). The Morgan fingerprint density at radius 3 is 2.94 bits per heavy atom. The zero-order valence-electron chi connectivity index (χ0n) is 18.6. The van der Waals surface area contributed by atoms with Crippen LogP contribution in [0.15, 0.2) is 28.7 Å². The van der Waals surface area contributed by atoms with Gasteiger partial charge < -0.3 is 20.0 Å². The van der Waals surface area contributed by atoms with E-state index in [4.69, 9.17) is 4.42 Å². The lowest BCUT2D eigenvalue weighted by molar-refractivity contribution is 0.0664. The Labute approximate surface area is 190 Å². The number of benzene rings is 1. The van der Waals surface area contributed by atoms with Crippen molar-refractivity contribution in [3.63, 3.8) is 0 Å². The fourth-order valence-corrected chi connectivity index (χ4v) is 5.36. The number of aryl methyl sites for hydroxylation is 1. The van der Waals surface area contributed by atoms with Crippen LogP contribution in [0.2, 0.25) is 0 Å². The summed E-state index contributed by atoms with van der Waals surface area (Å²) in [6.07, 6.45) is 6.83. The summed E-state index contributed by atoms with van der Waals surface area (Å²) >= 11 is 0. The maximum absolute atomic E-state index is 13.1. The van der Waals surface area contributed by atoms with Crippen LogP contribution in [-0.4, -0.2) is 53.1 Å². The maximum Gasteiger partial charge on any atom is 0.287 e. The first-order valence-electron chi connectivity index (χ1n) is 11.6. The van der Waals surface area contributed by atoms with Crippen molar-refractivity contribution >= 4 is 35.0 Å². The molecule has 1 unspecified atom stereocenters. The Morgan fingerprint density at radius 1 is 1.27 bits per heavy atom. The third kappa shape index (κ3) is 3.50. The molecule has 0 bridgehead atoms. The lowest BCUT2D eigenvalue weighted by Gasteiger charge is -2.32. The van der Waals surface area contributed by atoms with Gasteiger partial charge in [-0.3, -0.25) is 14.7 Å². The number of aromatic amines is 1. The topological polar surface area (TPSA) is 103 Å². The average molecular weight is 446 g/mol. The van der Waals surface area contributed by atoms with Gasteiger partial charge >= 0.3 is 0 Å². The van der Waals surface area contributed by atoms with E-state index < -0.39 is 0 Å². The molecule has 1 atom stereocenters. The number of hydrogen-bond acceptors (Lipinski definition) is 5. The number of aromatic nitrogens is 2. The minimum atomic E-state index is -0.165. The van der Waals surface area contributed by atoms with E-state index in [1.807, 2.05) is 36.1 Å². The molecule has 8 heteroatoms. The average Bonchev–Trinajstić information content (AvgIpc) is 3.15. The second-order valence-corrected chi connectivity index (χ2v) is 9.57. The monoisotopic (exact) mass is 445 g/mol. The maximum atomic E-state index is 13.1. The van der Waals surface area contributed by atoms with Crippen molar-refractivity contribution in [1.82, 2.24) is 25.7 Å². The first-order valence-corrected chi connectivity index (χ1v) is 11.6. The molecule has 1 aromatic carbocycles. The van der Waals surface area contributed by atoms with Crippen molar-refractivity contribution in [2.45, 2.75) is 26.2 Å². The van der Waals surface area contributed by atoms with Crippen molar-refractivity contribution < 1.29 is 14.0 Å². The number of amides is 2. The van der Waals surface area contributed by atoms with Crippen molar-refractivity contribution in [3.8, 4) is 0 Å². The van der Waals surface area contributed by atoms with Crippen LogP contribution in [0.5, 0.6) is 0 Å². The van der Waals surface area contributed by atoms with E-state index in [9.17, 15) is 9.59 Å². The molecule has 3 aromatic rings. The molecule has 2 fully saturated rings. The second-order valence-electron chi connectivity index (χ2n) is 9.57. The number of likely N-dealkylation sites (tertiary alicyclic amines) is 1. The van der Waals surface area contributed by atoms with E-state index >= 15 is 0 Å². The Morgan fingerprint density at radius 2 is 2.12 bits per heavy atom. The van der Waals surface area contributed by atoms with Gasteiger partial charge in [-0.05, 0) is 55.2 Å². The Balaban J connectivity index is 1.05. The number of furan rings is 1. The molecule has 6 rings (SSSR count). The molecule has 33 heavy (non-hydrogen) atoms. The number of piperidine rings is 1. The van der Waals surface area contributed by atoms with Gasteiger partial charge in [-0.25, -0.2) is 0 Å². The van der Waals surface area contributed by atoms with Crippen molar-refractivity contribution in [2.24, 2.45) is 11.3 Å². The number of fused-ring (bicyclic) bond motifs is 2. The number of nitrogens with zero attached hydrogens (tertiary/aromatic N) is 2. The minimum Gasteiger partial charge on any atom is -0.449 e. The number of H-pyrrole nitrogens is 1. The van der Waals surface area contributed by atoms with Gasteiger partial charge in [0.2, 0.25) is 0 Å². The van der Waals surface area contributed by atoms with Crippen LogP contribution >= 0.6 is 0 Å². The quantitative estimate of drug-likeness (QED) is 0.561. The molecular weight excluding hydrogens is 418 g/mol. The van der Waals surface area contributed by atoms with Crippen LogP contribution in [0.3, 0.4) is 0 Å². The molecule has 1 saturated heterocycles. The Kier molecular flexibility index (Phi) is 4.57. The summed E-state index contributed by atoms with van der Waals surface area (Å²) in [6, 6.07) is 7.79. The van der Waals surface area contributed by atoms with Crippen molar-refractivity contribution in [2.75, 3.05) is 26.2 Å². The summed E-state index contributed by atoms with van der Waals surface area (Å²) in [5, 5.41) is 15.3. The van der Waals surface area contributed by atoms with Gasteiger partial charge in [-0.2, -0.15) is 5.10 Å². The lowest BCUT2D eigenvalue weighted by atomic mass is 9.90. The fourth-order valence-electron chi connectivity index (χ4n) is 5.36. The van der Waals surface area contributed by atoms with E-state index in [0.717, 1.165) is 60.6 Å². The Hall–Kier alpha value is -3.55. The molecule has 1 spiro atoms. The van der Waals surface area contributed by atoms with Crippen LogP contribution in [-0.2, 0) is 0 Å². The number of carbonyl (C=O) groups is 2. The smallest absolute Gasteiger partial charge is 0.287 e. The zero-order chi connectivity index (χ0) is 22.6. The summed E-state index contributed by atoms with van der Waals surface area (Å²) in [4.78, 5) is 27.6. The summed E-state index contributed by atoms with van der Waals surface area (Å²) in [7, 11) is 0. The number of hydrogen-bond donors (Lipinski definition) is 3. The minimum absolute atomic E-state index is 0.00431. The predicted octanol–water partition coefficient (Wildman–Crippen LogP) is 1.26. The van der Waals surface area contributed by atoms with E-state index in [0.29, 0.717) is 29.3 Å². The third-order valence-corrected chi connectivity index (χ3v) is 7.52. The van der Waals surface area contributed by atoms with Gasteiger partial charge in [0.25, 0.3) is 11.8 Å². The molecule has 0 radical (unpaired) electrons. The van der Waals surface area contributed by atoms with E-state index in [2.05, 4.69) is 20.8 Å². The van der Waals surface area contributed by atoms with Gasteiger partial charge in [0.15, 0.2) is 11.5 Å². The van der Waals surface area contributed by atoms with Crippen LogP contribution in [0.4, 0.5) is 0 Å². The molecular formula is C25H27N5O3. The molecule has 2 amide bonds. The first kappa shape index (κ1) is 20.1. The highest BCUT2D eigenvalue weighted by Crippen LogP contribution is 2.59. The fraction of sp³-hybridized carbons (Fsp3) is 0.400. The van der Waals surface area contributed by atoms with E-state index in [1.54, 1.807) is 12.3 Å². The molecule has 2 aromatic heterocycles. The van der Waals surface area contributed by atoms with Crippen LogP contribution in [0.25, 0.3) is 23.2 Å². The summed E-state index contributed by atoms with van der Waals surface area (Å²) in [5.41, 5.74) is 3.48. The van der Waals surface area contributed by atoms with E-state index in [-0.39, 0.29) is 17.2 Å². The van der Waals surface area contributed by atoms with Gasteiger partial charge in [0.1, 0.15) is 5.42 Å². The van der Waals surface area contributed by atoms with Crippen LogP contribution in [0.1, 0.15) is 45.9 Å². The first-order chi connectivity index (χ1) is 16.0.